The highest BCUT2D eigenvalue weighted by Gasteiger charge is 2.39. The van der Waals surface area contributed by atoms with Gasteiger partial charge in [-0.2, -0.15) is 18.3 Å². The van der Waals surface area contributed by atoms with Crippen LogP contribution in [-0.2, 0) is 7.05 Å². The highest BCUT2D eigenvalue weighted by Crippen LogP contribution is 2.29. The summed E-state index contributed by atoms with van der Waals surface area (Å²) >= 11 is 0. The number of rotatable bonds is 3. The molecule has 2 rings (SSSR count). The largest absolute Gasteiger partial charge is 0.406 e. The molecule has 0 aliphatic heterocycles. The number of amides is 1. The van der Waals surface area contributed by atoms with Gasteiger partial charge in [0.05, 0.1) is 0 Å². The van der Waals surface area contributed by atoms with Gasteiger partial charge in [0, 0.05) is 19.2 Å². The second-order valence-electron chi connectivity index (χ2n) is 4.81. The van der Waals surface area contributed by atoms with Crippen LogP contribution in [0.25, 0.3) is 0 Å². The summed E-state index contributed by atoms with van der Waals surface area (Å²) in [4.78, 5) is 24.2. The number of aromatic nitrogens is 2. The molecule has 0 N–H and O–H groups in total. The Hall–Kier alpha value is -1.86. The van der Waals surface area contributed by atoms with Crippen LogP contribution in [0.4, 0.5) is 13.2 Å². The van der Waals surface area contributed by atoms with Crippen molar-refractivity contribution in [1.82, 2.24) is 14.7 Å². The predicted molar refractivity (Wildman–Crippen MR) is 64.2 cm³/mol. The van der Waals surface area contributed by atoms with Gasteiger partial charge < -0.3 is 4.90 Å². The second kappa shape index (κ2) is 5.26. The van der Waals surface area contributed by atoms with E-state index in [9.17, 15) is 22.8 Å². The first-order valence-corrected chi connectivity index (χ1v) is 6.20. The van der Waals surface area contributed by atoms with Crippen LogP contribution < -0.4 is 5.56 Å². The fraction of sp³-hybridized carbons (Fsp3) is 0.583. The lowest BCUT2D eigenvalue weighted by atomic mass is 9.91. The first kappa shape index (κ1) is 14.5. The van der Waals surface area contributed by atoms with E-state index in [0.29, 0.717) is 12.8 Å². The van der Waals surface area contributed by atoms with Crippen molar-refractivity contribution in [3.8, 4) is 0 Å². The molecular formula is C12H14F3N3O2. The van der Waals surface area contributed by atoms with E-state index in [4.69, 9.17) is 0 Å². The van der Waals surface area contributed by atoms with Crippen LogP contribution in [0.2, 0.25) is 0 Å². The minimum absolute atomic E-state index is 0.150. The third-order valence-corrected chi connectivity index (χ3v) is 3.31. The number of nitrogens with zero attached hydrogens (tertiary/aromatic N) is 3. The highest BCUT2D eigenvalue weighted by molar-refractivity contribution is 5.92. The third kappa shape index (κ3) is 3.17. The molecule has 0 bridgehead atoms. The Morgan fingerprint density at radius 1 is 1.45 bits per heavy atom. The van der Waals surface area contributed by atoms with Crippen LogP contribution >= 0.6 is 0 Å². The fourth-order valence-corrected chi connectivity index (χ4v) is 2.02. The van der Waals surface area contributed by atoms with Crippen LogP contribution in [0.3, 0.4) is 0 Å². The number of hydrogen-bond donors (Lipinski definition) is 0. The molecule has 1 fully saturated rings. The van der Waals surface area contributed by atoms with E-state index in [1.807, 2.05) is 0 Å². The smallest absolute Gasteiger partial charge is 0.325 e. The number of halogens is 3. The molecular weight excluding hydrogens is 275 g/mol. The van der Waals surface area contributed by atoms with E-state index in [0.717, 1.165) is 28.1 Å². The van der Waals surface area contributed by atoms with Gasteiger partial charge in [0.2, 0.25) is 0 Å². The van der Waals surface area contributed by atoms with E-state index in [1.54, 1.807) is 0 Å². The summed E-state index contributed by atoms with van der Waals surface area (Å²) in [5.41, 5.74) is -0.573. The van der Waals surface area contributed by atoms with Gasteiger partial charge in [-0.15, -0.1) is 0 Å². The quantitative estimate of drug-likeness (QED) is 0.843. The number of hydrogen-bond acceptors (Lipinski definition) is 3. The maximum absolute atomic E-state index is 12.6. The van der Waals surface area contributed by atoms with Crippen LogP contribution in [0.5, 0.6) is 0 Å². The molecule has 0 saturated heterocycles. The Kier molecular flexibility index (Phi) is 3.82. The molecule has 8 heteroatoms. The van der Waals surface area contributed by atoms with E-state index in [-0.39, 0.29) is 5.69 Å². The van der Waals surface area contributed by atoms with E-state index >= 15 is 0 Å². The zero-order valence-electron chi connectivity index (χ0n) is 10.9. The van der Waals surface area contributed by atoms with Crippen molar-refractivity contribution < 1.29 is 18.0 Å². The Morgan fingerprint density at radius 2 is 2.10 bits per heavy atom. The van der Waals surface area contributed by atoms with Crippen LogP contribution in [0, 0.1) is 0 Å². The van der Waals surface area contributed by atoms with Crippen molar-refractivity contribution in [3.05, 3.63) is 28.2 Å². The van der Waals surface area contributed by atoms with E-state index in [1.165, 1.54) is 7.05 Å². The summed E-state index contributed by atoms with van der Waals surface area (Å²) in [6.07, 6.45) is -2.51. The van der Waals surface area contributed by atoms with Gasteiger partial charge in [-0.1, -0.05) is 0 Å². The highest BCUT2D eigenvalue weighted by atomic mass is 19.4. The lowest BCUT2D eigenvalue weighted by molar-refractivity contribution is -0.147. The summed E-state index contributed by atoms with van der Waals surface area (Å²) in [5, 5.41) is 3.71. The van der Waals surface area contributed by atoms with Gasteiger partial charge >= 0.3 is 6.18 Å². The Morgan fingerprint density at radius 3 is 2.55 bits per heavy atom. The molecule has 0 aromatic carbocycles. The zero-order chi connectivity index (χ0) is 14.9. The second-order valence-corrected chi connectivity index (χ2v) is 4.81. The molecule has 0 unspecified atom stereocenters. The molecule has 0 radical (unpaired) electrons. The van der Waals surface area contributed by atoms with Gasteiger partial charge in [-0.3, -0.25) is 9.59 Å². The van der Waals surface area contributed by atoms with E-state index < -0.39 is 30.2 Å². The summed E-state index contributed by atoms with van der Waals surface area (Å²) in [6, 6.07) is 1.88. The lowest BCUT2D eigenvalue weighted by Gasteiger charge is -2.37. The summed E-state index contributed by atoms with van der Waals surface area (Å²) in [5.74, 6) is -0.789. The summed E-state index contributed by atoms with van der Waals surface area (Å²) in [6.45, 7) is -1.29. The normalized spacial score (nSPS) is 15.8. The van der Waals surface area contributed by atoms with Crippen LogP contribution in [-0.4, -0.2) is 39.4 Å². The molecule has 5 nitrogen and oxygen atoms in total. The van der Waals surface area contributed by atoms with Gasteiger partial charge in [-0.05, 0) is 25.3 Å². The Bertz CT molecular complexity index is 564. The van der Waals surface area contributed by atoms with E-state index in [2.05, 4.69) is 5.10 Å². The average molecular weight is 289 g/mol. The standard InChI is InChI=1S/C12H14F3N3O2/c1-17-10(19)6-5-9(16-17)11(20)18(7-12(13,14)15)8-3-2-4-8/h5-6,8H,2-4,7H2,1H3. The van der Waals surface area contributed by atoms with Crippen molar-refractivity contribution in [1.29, 1.82) is 0 Å². The van der Waals surface area contributed by atoms with Gasteiger partial charge in [0.15, 0.2) is 0 Å². The van der Waals surface area contributed by atoms with Crippen LogP contribution in [0.15, 0.2) is 16.9 Å². The Labute approximate surface area is 113 Å². The summed E-state index contributed by atoms with van der Waals surface area (Å²) < 4.78 is 38.7. The molecule has 1 aromatic rings. The molecule has 1 aliphatic rings. The molecule has 0 atom stereocenters. The topological polar surface area (TPSA) is 55.2 Å². The number of carbonyl (C=O) groups is 1. The predicted octanol–water partition coefficient (Wildman–Crippen LogP) is 1.34. The molecule has 1 aromatic heterocycles. The SMILES string of the molecule is Cn1nc(C(=O)N(CC(F)(F)F)C2CCC2)ccc1=O. The Balaban J connectivity index is 2.25. The molecule has 1 saturated carbocycles. The number of alkyl halides is 3. The lowest BCUT2D eigenvalue weighted by Crippen LogP contribution is -2.49. The maximum Gasteiger partial charge on any atom is 0.406 e. The monoisotopic (exact) mass is 289 g/mol. The molecule has 1 amide bonds. The fourth-order valence-electron chi connectivity index (χ4n) is 2.02. The van der Waals surface area contributed by atoms with Crippen molar-refractivity contribution >= 4 is 5.91 Å². The molecule has 1 heterocycles. The molecule has 0 spiro atoms. The van der Waals surface area contributed by atoms with Crippen molar-refractivity contribution in [2.75, 3.05) is 6.54 Å². The zero-order valence-corrected chi connectivity index (χ0v) is 10.9. The van der Waals surface area contributed by atoms with Crippen molar-refractivity contribution in [2.45, 2.75) is 31.5 Å². The van der Waals surface area contributed by atoms with Gasteiger partial charge in [-0.25, -0.2) is 4.68 Å². The minimum atomic E-state index is -4.45. The molecule has 1 aliphatic carbocycles. The third-order valence-electron chi connectivity index (χ3n) is 3.31. The maximum atomic E-state index is 12.6. The number of aryl methyl sites for hydroxylation is 1. The van der Waals surface area contributed by atoms with Gasteiger partial charge in [0.25, 0.3) is 11.5 Å². The summed E-state index contributed by atoms with van der Waals surface area (Å²) in [7, 11) is 1.34. The van der Waals surface area contributed by atoms with Crippen molar-refractivity contribution in [3.63, 3.8) is 0 Å². The first-order chi connectivity index (χ1) is 9.28. The molecule has 20 heavy (non-hydrogen) atoms. The first-order valence-electron chi connectivity index (χ1n) is 6.20. The molecule has 110 valence electrons. The van der Waals surface area contributed by atoms with Crippen molar-refractivity contribution in [2.24, 2.45) is 7.05 Å². The van der Waals surface area contributed by atoms with Crippen LogP contribution in [0.1, 0.15) is 29.8 Å². The number of carbonyl (C=O) groups excluding carboxylic acids is 1. The average Bonchev–Trinajstić information content (AvgIpc) is 2.27. The van der Waals surface area contributed by atoms with Gasteiger partial charge in [0.1, 0.15) is 12.2 Å². The minimum Gasteiger partial charge on any atom is -0.325 e.